The molecular weight excluding hydrogens is 396 g/mol. The summed E-state index contributed by atoms with van der Waals surface area (Å²) in [7, 11) is 0. The van der Waals surface area contributed by atoms with E-state index in [-0.39, 0.29) is 5.69 Å². The molecule has 0 spiro atoms. The minimum absolute atomic E-state index is 0.232. The fourth-order valence-corrected chi connectivity index (χ4v) is 3.95. The molecule has 150 valence electrons. The fraction of sp³-hybridized carbons (Fsp3) is 0.0870. The zero-order chi connectivity index (χ0) is 20.8. The Hall–Kier alpha value is -3.71. The molecule has 0 fully saturated rings. The monoisotopic (exact) mass is 416 g/mol. The van der Waals surface area contributed by atoms with Crippen molar-refractivity contribution in [2.24, 2.45) is 4.99 Å². The first-order valence-corrected chi connectivity index (χ1v) is 10.3. The molecule has 4 rings (SSSR count). The van der Waals surface area contributed by atoms with E-state index < -0.39 is 6.03 Å². The molecular formula is C23H20N4O2S. The average molecular weight is 417 g/mol. The van der Waals surface area contributed by atoms with Crippen molar-refractivity contribution in [2.45, 2.75) is 13.1 Å². The molecule has 0 saturated heterocycles. The highest BCUT2D eigenvalue weighted by Crippen LogP contribution is 2.06. The van der Waals surface area contributed by atoms with Crippen LogP contribution < -0.4 is 15.8 Å². The SMILES string of the molecule is O=C(N=c1sn(Cc2ccccc2)c(=O)n1-c1ccccc1)NCc1ccccc1. The molecule has 0 radical (unpaired) electrons. The van der Waals surface area contributed by atoms with Gasteiger partial charge in [-0.15, -0.1) is 0 Å². The summed E-state index contributed by atoms with van der Waals surface area (Å²) in [4.78, 5) is 30.1. The maximum atomic E-state index is 13.1. The number of benzene rings is 3. The van der Waals surface area contributed by atoms with E-state index in [0.717, 1.165) is 11.1 Å². The van der Waals surface area contributed by atoms with E-state index in [1.807, 2.05) is 91.0 Å². The van der Waals surface area contributed by atoms with Crippen LogP contribution in [0, 0.1) is 0 Å². The third kappa shape index (κ3) is 4.64. The lowest BCUT2D eigenvalue weighted by molar-refractivity contribution is 0.248. The molecule has 1 N–H and O–H groups in total. The molecule has 0 aliphatic heterocycles. The van der Waals surface area contributed by atoms with Gasteiger partial charge in [0.15, 0.2) is 0 Å². The van der Waals surface area contributed by atoms with Crippen molar-refractivity contribution in [1.82, 2.24) is 13.8 Å². The van der Waals surface area contributed by atoms with Crippen LogP contribution in [-0.2, 0) is 13.1 Å². The fourth-order valence-electron chi connectivity index (χ4n) is 2.99. The van der Waals surface area contributed by atoms with E-state index in [2.05, 4.69) is 10.3 Å². The normalized spacial score (nSPS) is 11.4. The first-order valence-electron chi connectivity index (χ1n) is 9.50. The van der Waals surface area contributed by atoms with E-state index in [0.29, 0.717) is 23.6 Å². The minimum atomic E-state index is -0.489. The van der Waals surface area contributed by atoms with Gasteiger partial charge in [-0.2, -0.15) is 4.99 Å². The first-order chi connectivity index (χ1) is 14.7. The molecule has 0 bridgehead atoms. The number of para-hydroxylation sites is 1. The highest BCUT2D eigenvalue weighted by Gasteiger charge is 2.12. The second-order valence-corrected chi connectivity index (χ2v) is 7.59. The molecule has 0 unspecified atom stereocenters. The summed E-state index contributed by atoms with van der Waals surface area (Å²) in [5.74, 6) is 0. The van der Waals surface area contributed by atoms with E-state index in [9.17, 15) is 9.59 Å². The minimum Gasteiger partial charge on any atom is -0.332 e. The van der Waals surface area contributed by atoms with Crippen LogP contribution in [0.25, 0.3) is 5.69 Å². The Labute approximate surface area is 177 Å². The molecule has 0 saturated carbocycles. The smallest absolute Gasteiger partial charge is 0.332 e. The second-order valence-electron chi connectivity index (χ2n) is 6.61. The molecule has 4 aromatic rings. The summed E-state index contributed by atoms with van der Waals surface area (Å²) in [5, 5.41) is 2.78. The molecule has 1 aromatic heterocycles. The van der Waals surface area contributed by atoms with Gasteiger partial charge in [0.1, 0.15) is 0 Å². The second kappa shape index (κ2) is 9.19. The van der Waals surface area contributed by atoms with E-state index in [1.54, 1.807) is 3.96 Å². The van der Waals surface area contributed by atoms with Crippen molar-refractivity contribution in [3.8, 4) is 5.69 Å². The lowest BCUT2D eigenvalue weighted by Crippen LogP contribution is -2.30. The van der Waals surface area contributed by atoms with E-state index in [4.69, 9.17) is 0 Å². The van der Waals surface area contributed by atoms with Crippen LogP contribution in [0.2, 0.25) is 0 Å². The summed E-state index contributed by atoms with van der Waals surface area (Å²) < 4.78 is 3.07. The molecule has 30 heavy (non-hydrogen) atoms. The molecule has 1 heterocycles. The van der Waals surface area contributed by atoms with Gasteiger partial charge in [-0.05, 0) is 34.8 Å². The van der Waals surface area contributed by atoms with Gasteiger partial charge in [-0.1, -0.05) is 78.9 Å². The molecule has 3 aromatic carbocycles. The Bertz CT molecular complexity index is 1240. The number of hydrogen-bond donors (Lipinski definition) is 1. The number of rotatable bonds is 5. The van der Waals surface area contributed by atoms with E-state index in [1.165, 1.54) is 16.1 Å². The predicted octanol–water partition coefficient (Wildman–Crippen LogP) is 3.56. The lowest BCUT2D eigenvalue weighted by Gasteiger charge is -2.02. The summed E-state index contributed by atoms with van der Waals surface area (Å²) >= 11 is 1.17. The average Bonchev–Trinajstić information content (AvgIpc) is 3.08. The van der Waals surface area contributed by atoms with Crippen molar-refractivity contribution in [1.29, 1.82) is 0 Å². The molecule has 2 amide bonds. The standard InChI is InChI=1S/C23H20N4O2S/c28-21(24-16-18-10-4-1-5-11-18)25-22-27(20-14-8-3-9-15-20)23(29)26(30-22)17-19-12-6-2-7-13-19/h1-15H,16-17H2,(H,24,28). The number of hydrogen-bond acceptors (Lipinski definition) is 3. The lowest BCUT2D eigenvalue weighted by atomic mass is 10.2. The van der Waals surface area contributed by atoms with Crippen molar-refractivity contribution in [3.63, 3.8) is 0 Å². The van der Waals surface area contributed by atoms with Gasteiger partial charge in [-0.25, -0.2) is 18.1 Å². The number of nitrogens with zero attached hydrogens (tertiary/aromatic N) is 3. The summed E-state index contributed by atoms with van der Waals surface area (Å²) in [6.45, 7) is 0.784. The number of carbonyl (C=O) groups is 1. The topological polar surface area (TPSA) is 68.4 Å². The van der Waals surface area contributed by atoms with Gasteiger partial charge in [-0.3, -0.25) is 0 Å². The number of nitrogens with one attached hydrogen (secondary N) is 1. The van der Waals surface area contributed by atoms with Gasteiger partial charge in [0.25, 0.3) is 0 Å². The third-order valence-corrected chi connectivity index (χ3v) is 5.40. The third-order valence-electron chi connectivity index (χ3n) is 4.45. The molecule has 0 aliphatic carbocycles. The Morgan fingerprint density at radius 2 is 1.40 bits per heavy atom. The zero-order valence-corrected chi connectivity index (χ0v) is 17.0. The number of aromatic nitrogens is 2. The molecule has 7 heteroatoms. The highest BCUT2D eigenvalue weighted by atomic mass is 32.1. The largest absolute Gasteiger partial charge is 0.344 e. The Kier molecular flexibility index (Phi) is 6.01. The molecule has 6 nitrogen and oxygen atoms in total. The maximum absolute atomic E-state index is 13.1. The Morgan fingerprint density at radius 1 is 0.833 bits per heavy atom. The number of urea groups is 1. The van der Waals surface area contributed by atoms with Crippen molar-refractivity contribution < 1.29 is 4.79 Å². The summed E-state index contributed by atoms with van der Waals surface area (Å²) in [6, 6.07) is 28.1. The number of amides is 2. The number of carbonyl (C=O) groups excluding carboxylic acids is 1. The zero-order valence-electron chi connectivity index (χ0n) is 16.1. The van der Waals surface area contributed by atoms with Crippen LogP contribution in [0.5, 0.6) is 0 Å². The summed E-state index contributed by atoms with van der Waals surface area (Å²) in [5.41, 5.74) is 2.41. The van der Waals surface area contributed by atoms with Crippen LogP contribution in [0.1, 0.15) is 11.1 Å². The molecule has 0 aliphatic rings. The molecule has 0 atom stereocenters. The van der Waals surface area contributed by atoms with Crippen molar-refractivity contribution in [3.05, 3.63) is 117 Å². The quantitative estimate of drug-likeness (QED) is 0.541. The first kappa shape index (κ1) is 19.6. The van der Waals surface area contributed by atoms with E-state index >= 15 is 0 Å². The Balaban J connectivity index is 1.68. The van der Waals surface area contributed by atoms with Crippen LogP contribution in [0.3, 0.4) is 0 Å². The van der Waals surface area contributed by atoms with Crippen molar-refractivity contribution >= 4 is 17.6 Å². The Morgan fingerprint density at radius 3 is 2.03 bits per heavy atom. The van der Waals surface area contributed by atoms with Crippen LogP contribution in [-0.4, -0.2) is 14.6 Å². The van der Waals surface area contributed by atoms with Crippen LogP contribution in [0.15, 0.2) is 101 Å². The van der Waals surface area contributed by atoms with Gasteiger partial charge in [0.2, 0.25) is 4.80 Å². The highest BCUT2D eigenvalue weighted by molar-refractivity contribution is 7.03. The van der Waals surface area contributed by atoms with Crippen LogP contribution >= 0.6 is 11.5 Å². The maximum Gasteiger partial charge on any atom is 0.344 e. The van der Waals surface area contributed by atoms with Gasteiger partial charge >= 0.3 is 11.7 Å². The predicted molar refractivity (Wildman–Crippen MR) is 118 cm³/mol. The van der Waals surface area contributed by atoms with Crippen molar-refractivity contribution in [2.75, 3.05) is 0 Å². The van der Waals surface area contributed by atoms with Gasteiger partial charge in [0.05, 0.1) is 12.2 Å². The van der Waals surface area contributed by atoms with Gasteiger partial charge < -0.3 is 5.32 Å². The van der Waals surface area contributed by atoms with Crippen LogP contribution in [0.4, 0.5) is 4.79 Å². The van der Waals surface area contributed by atoms with Gasteiger partial charge in [0, 0.05) is 6.54 Å². The summed E-state index contributed by atoms with van der Waals surface area (Å²) in [6.07, 6.45) is 0.